The zero-order valence-corrected chi connectivity index (χ0v) is 10.8. The van der Waals surface area contributed by atoms with Gasteiger partial charge in [-0.1, -0.05) is 20.8 Å². The van der Waals surface area contributed by atoms with Crippen molar-refractivity contribution in [2.75, 3.05) is 0 Å². The van der Waals surface area contributed by atoms with Crippen LogP contribution < -0.4 is 11.1 Å². The summed E-state index contributed by atoms with van der Waals surface area (Å²) in [5.41, 5.74) is 5.88. The van der Waals surface area contributed by atoms with Gasteiger partial charge in [0.05, 0.1) is 6.54 Å². The van der Waals surface area contributed by atoms with Crippen LogP contribution >= 0.6 is 11.3 Å². The number of thiazole rings is 1. The quantitative estimate of drug-likeness (QED) is 0.840. The van der Waals surface area contributed by atoms with Crippen LogP contribution in [0.2, 0.25) is 0 Å². The molecule has 1 atom stereocenters. The molecule has 16 heavy (non-hydrogen) atoms. The third-order valence-electron chi connectivity index (χ3n) is 2.44. The SMILES string of the molecule is CC(C)(C)C(N)CC(=O)NCc1nccs1. The first-order chi connectivity index (χ1) is 7.39. The van der Waals surface area contributed by atoms with Gasteiger partial charge in [-0.05, 0) is 5.41 Å². The molecule has 0 aliphatic heterocycles. The molecule has 0 aliphatic rings. The summed E-state index contributed by atoms with van der Waals surface area (Å²) >= 11 is 1.53. The van der Waals surface area contributed by atoms with Crippen LogP contribution in [0.15, 0.2) is 11.6 Å². The predicted octanol–water partition coefficient (Wildman–Crippen LogP) is 1.52. The Morgan fingerprint density at radius 1 is 1.62 bits per heavy atom. The van der Waals surface area contributed by atoms with Gasteiger partial charge in [0.2, 0.25) is 5.91 Å². The molecule has 1 unspecified atom stereocenters. The van der Waals surface area contributed by atoms with Gasteiger partial charge < -0.3 is 11.1 Å². The maximum atomic E-state index is 11.6. The Morgan fingerprint density at radius 2 is 2.31 bits per heavy atom. The molecular formula is C11H19N3OS. The minimum Gasteiger partial charge on any atom is -0.350 e. The fourth-order valence-corrected chi connectivity index (χ4v) is 1.65. The Hall–Kier alpha value is -0.940. The Kier molecular flexibility index (Phi) is 4.44. The molecule has 0 aliphatic carbocycles. The number of hydrogen-bond donors (Lipinski definition) is 2. The highest BCUT2D eigenvalue weighted by atomic mass is 32.1. The molecule has 1 heterocycles. The molecule has 5 heteroatoms. The van der Waals surface area contributed by atoms with Crippen molar-refractivity contribution in [3.05, 3.63) is 16.6 Å². The lowest BCUT2D eigenvalue weighted by molar-refractivity contribution is -0.122. The Bertz CT molecular complexity index is 329. The highest BCUT2D eigenvalue weighted by molar-refractivity contribution is 7.09. The maximum absolute atomic E-state index is 11.6. The minimum absolute atomic E-state index is 0.0161. The number of rotatable bonds is 4. The molecule has 0 fully saturated rings. The molecule has 0 radical (unpaired) electrons. The average Bonchev–Trinajstić information content (AvgIpc) is 2.65. The molecular weight excluding hydrogens is 222 g/mol. The number of carbonyl (C=O) groups is 1. The van der Waals surface area contributed by atoms with Gasteiger partial charge in [-0.3, -0.25) is 4.79 Å². The zero-order valence-electron chi connectivity index (χ0n) is 9.99. The van der Waals surface area contributed by atoms with Gasteiger partial charge in [0, 0.05) is 24.0 Å². The third-order valence-corrected chi connectivity index (χ3v) is 3.22. The van der Waals surface area contributed by atoms with Gasteiger partial charge in [0.15, 0.2) is 0 Å². The van der Waals surface area contributed by atoms with Gasteiger partial charge in [0.1, 0.15) is 5.01 Å². The molecule has 0 saturated carbocycles. The lowest BCUT2D eigenvalue weighted by Crippen LogP contribution is -2.40. The van der Waals surface area contributed by atoms with E-state index in [4.69, 9.17) is 5.73 Å². The first-order valence-electron chi connectivity index (χ1n) is 5.30. The van der Waals surface area contributed by atoms with E-state index in [1.165, 1.54) is 11.3 Å². The van der Waals surface area contributed by atoms with Gasteiger partial charge in [-0.25, -0.2) is 4.98 Å². The predicted molar refractivity (Wildman–Crippen MR) is 66.0 cm³/mol. The van der Waals surface area contributed by atoms with Crippen LogP contribution in [-0.4, -0.2) is 16.9 Å². The van der Waals surface area contributed by atoms with E-state index in [-0.39, 0.29) is 17.4 Å². The number of nitrogens with two attached hydrogens (primary N) is 1. The Morgan fingerprint density at radius 3 is 2.81 bits per heavy atom. The average molecular weight is 241 g/mol. The van der Waals surface area contributed by atoms with Crippen molar-refractivity contribution in [1.29, 1.82) is 0 Å². The summed E-state index contributed by atoms with van der Waals surface area (Å²) in [5.74, 6) is -0.0161. The molecule has 1 amide bonds. The lowest BCUT2D eigenvalue weighted by Gasteiger charge is -2.26. The monoisotopic (exact) mass is 241 g/mol. The summed E-state index contributed by atoms with van der Waals surface area (Å²) < 4.78 is 0. The van der Waals surface area contributed by atoms with Gasteiger partial charge in [-0.2, -0.15) is 0 Å². The summed E-state index contributed by atoms with van der Waals surface area (Å²) in [6.07, 6.45) is 2.09. The second-order valence-electron chi connectivity index (χ2n) is 4.88. The Labute approximate surface area is 100 Å². The van der Waals surface area contributed by atoms with Crippen molar-refractivity contribution in [2.24, 2.45) is 11.1 Å². The number of nitrogens with one attached hydrogen (secondary N) is 1. The number of amides is 1. The van der Waals surface area contributed by atoms with Crippen LogP contribution in [0.25, 0.3) is 0 Å². The van der Waals surface area contributed by atoms with Crippen LogP contribution in [0.3, 0.4) is 0 Å². The van der Waals surface area contributed by atoms with E-state index in [9.17, 15) is 4.79 Å². The third kappa shape index (κ3) is 4.28. The van der Waals surface area contributed by atoms with E-state index in [2.05, 4.69) is 10.3 Å². The first kappa shape index (κ1) is 13.1. The number of carbonyl (C=O) groups excluding carboxylic acids is 1. The van der Waals surface area contributed by atoms with Crippen molar-refractivity contribution in [2.45, 2.75) is 39.8 Å². The van der Waals surface area contributed by atoms with E-state index in [0.717, 1.165) is 5.01 Å². The Balaban J connectivity index is 2.31. The molecule has 90 valence electrons. The van der Waals surface area contributed by atoms with Crippen LogP contribution in [-0.2, 0) is 11.3 Å². The molecule has 1 aromatic rings. The molecule has 3 N–H and O–H groups in total. The van der Waals surface area contributed by atoms with Gasteiger partial charge in [0.25, 0.3) is 0 Å². The van der Waals surface area contributed by atoms with Crippen LogP contribution in [0.1, 0.15) is 32.2 Å². The normalized spacial score (nSPS) is 13.5. The van der Waals surface area contributed by atoms with E-state index < -0.39 is 0 Å². The molecule has 1 rings (SSSR count). The van der Waals surface area contributed by atoms with Gasteiger partial charge >= 0.3 is 0 Å². The van der Waals surface area contributed by atoms with Crippen molar-refractivity contribution in [1.82, 2.24) is 10.3 Å². The van der Waals surface area contributed by atoms with Crippen molar-refractivity contribution in [3.63, 3.8) is 0 Å². The number of hydrogen-bond acceptors (Lipinski definition) is 4. The number of nitrogens with zero attached hydrogens (tertiary/aromatic N) is 1. The highest BCUT2D eigenvalue weighted by Crippen LogP contribution is 2.19. The maximum Gasteiger partial charge on any atom is 0.221 e. The molecule has 0 spiro atoms. The molecule has 0 bridgehead atoms. The number of aromatic nitrogens is 1. The smallest absolute Gasteiger partial charge is 0.221 e. The second kappa shape index (κ2) is 5.41. The lowest BCUT2D eigenvalue weighted by atomic mass is 9.85. The van der Waals surface area contributed by atoms with E-state index >= 15 is 0 Å². The van der Waals surface area contributed by atoms with Crippen LogP contribution in [0, 0.1) is 5.41 Å². The summed E-state index contributed by atoms with van der Waals surface area (Å²) in [5, 5.41) is 5.62. The second-order valence-corrected chi connectivity index (χ2v) is 5.86. The van der Waals surface area contributed by atoms with Gasteiger partial charge in [-0.15, -0.1) is 11.3 Å². The summed E-state index contributed by atoms with van der Waals surface area (Å²) in [6.45, 7) is 6.59. The minimum atomic E-state index is -0.121. The zero-order chi connectivity index (χ0) is 12.2. The standard InChI is InChI=1S/C11H19N3OS/c1-11(2,3)8(12)6-9(15)14-7-10-13-4-5-16-10/h4-5,8H,6-7,12H2,1-3H3,(H,14,15). The van der Waals surface area contributed by atoms with Crippen molar-refractivity contribution < 1.29 is 4.79 Å². The molecule has 1 aromatic heterocycles. The largest absolute Gasteiger partial charge is 0.350 e. The fourth-order valence-electron chi connectivity index (χ4n) is 1.09. The fraction of sp³-hybridized carbons (Fsp3) is 0.636. The summed E-state index contributed by atoms with van der Waals surface area (Å²) in [6, 6.07) is -0.121. The molecule has 0 aromatic carbocycles. The van der Waals surface area contributed by atoms with Crippen molar-refractivity contribution >= 4 is 17.2 Å². The first-order valence-corrected chi connectivity index (χ1v) is 6.18. The van der Waals surface area contributed by atoms with E-state index in [1.807, 2.05) is 26.2 Å². The topological polar surface area (TPSA) is 68.0 Å². The summed E-state index contributed by atoms with van der Waals surface area (Å²) in [4.78, 5) is 15.7. The van der Waals surface area contributed by atoms with E-state index in [1.54, 1.807) is 6.20 Å². The highest BCUT2D eigenvalue weighted by Gasteiger charge is 2.22. The van der Waals surface area contributed by atoms with Crippen LogP contribution in [0.5, 0.6) is 0 Å². The van der Waals surface area contributed by atoms with Crippen molar-refractivity contribution in [3.8, 4) is 0 Å². The summed E-state index contributed by atoms with van der Waals surface area (Å²) in [7, 11) is 0. The van der Waals surface area contributed by atoms with Crippen LogP contribution in [0.4, 0.5) is 0 Å². The van der Waals surface area contributed by atoms with E-state index in [0.29, 0.717) is 13.0 Å². The molecule has 4 nitrogen and oxygen atoms in total. The molecule has 0 saturated heterocycles.